The van der Waals surface area contributed by atoms with Crippen LogP contribution in [0.1, 0.15) is 29.3 Å². The summed E-state index contributed by atoms with van der Waals surface area (Å²) < 4.78 is 32.1. The second-order valence-electron chi connectivity index (χ2n) is 6.23. The maximum absolute atomic E-state index is 12.8. The molecule has 0 spiro atoms. The Morgan fingerprint density at radius 1 is 1.18 bits per heavy atom. The third-order valence-electron chi connectivity index (χ3n) is 4.23. The summed E-state index contributed by atoms with van der Waals surface area (Å²) in [7, 11) is -2.24. The van der Waals surface area contributed by atoms with E-state index >= 15 is 0 Å². The standard InChI is InChI=1S/C20H25ClN2O4S/c1-4-27-13-5-12-22-20(24)16-6-11-19(15(2)14-16)23(3)28(25,26)18-9-7-17(21)8-10-18/h6-11,14H,4-5,12-13H2,1-3H3,(H,22,24). The van der Waals surface area contributed by atoms with Crippen LogP contribution in [0.2, 0.25) is 5.02 Å². The molecule has 0 aliphatic carbocycles. The molecule has 2 aromatic rings. The molecule has 1 N–H and O–H groups in total. The highest BCUT2D eigenvalue weighted by atomic mass is 35.5. The summed E-state index contributed by atoms with van der Waals surface area (Å²) in [5.41, 5.74) is 1.67. The van der Waals surface area contributed by atoms with E-state index < -0.39 is 10.0 Å². The van der Waals surface area contributed by atoms with E-state index in [1.165, 1.54) is 35.6 Å². The molecule has 6 nitrogen and oxygen atoms in total. The minimum Gasteiger partial charge on any atom is -0.382 e. The lowest BCUT2D eigenvalue weighted by Crippen LogP contribution is -2.28. The number of hydrogen-bond acceptors (Lipinski definition) is 4. The molecule has 0 atom stereocenters. The van der Waals surface area contributed by atoms with Crippen molar-refractivity contribution in [2.24, 2.45) is 0 Å². The number of nitrogens with zero attached hydrogens (tertiary/aromatic N) is 1. The van der Waals surface area contributed by atoms with Crippen LogP contribution in [0.5, 0.6) is 0 Å². The van der Waals surface area contributed by atoms with Gasteiger partial charge in [0.1, 0.15) is 0 Å². The summed E-state index contributed by atoms with van der Waals surface area (Å²) in [4.78, 5) is 12.4. The van der Waals surface area contributed by atoms with E-state index in [0.29, 0.717) is 41.6 Å². The molecule has 0 unspecified atom stereocenters. The number of carbonyl (C=O) groups is 1. The third kappa shape index (κ3) is 5.47. The van der Waals surface area contributed by atoms with Crippen LogP contribution in [-0.4, -0.2) is 41.1 Å². The van der Waals surface area contributed by atoms with Crippen molar-refractivity contribution < 1.29 is 17.9 Å². The molecule has 0 aromatic heterocycles. The van der Waals surface area contributed by atoms with Gasteiger partial charge >= 0.3 is 0 Å². The minimum absolute atomic E-state index is 0.148. The molecule has 0 saturated heterocycles. The van der Waals surface area contributed by atoms with Gasteiger partial charge < -0.3 is 10.1 Å². The molecule has 8 heteroatoms. The van der Waals surface area contributed by atoms with Crippen molar-refractivity contribution in [3.8, 4) is 0 Å². The largest absolute Gasteiger partial charge is 0.382 e. The Morgan fingerprint density at radius 2 is 1.86 bits per heavy atom. The van der Waals surface area contributed by atoms with E-state index in [2.05, 4.69) is 5.32 Å². The molecule has 0 aliphatic heterocycles. The summed E-state index contributed by atoms with van der Waals surface area (Å²) >= 11 is 5.84. The van der Waals surface area contributed by atoms with E-state index in [-0.39, 0.29) is 10.8 Å². The molecule has 2 rings (SSSR count). The summed E-state index contributed by atoms with van der Waals surface area (Å²) in [6.45, 7) is 5.47. The van der Waals surface area contributed by atoms with Crippen molar-refractivity contribution in [1.29, 1.82) is 0 Å². The molecule has 152 valence electrons. The molecular weight excluding hydrogens is 400 g/mol. The molecule has 0 heterocycles. The van der Waals surface area contributed by atoms with Gasteiger partial charge in [-0.1, -0.05) is 11.6 Å². The molecule has 0 saturated carbocycles. The van der Waals surface area contributed by atoms with E-state index in [4.69, 9.17) is 16.3 Å². The van der Waals surface area contributed by atoms with Crippen molar-refractivity contribution >= 4 is 33.2 Å². The molecule has 0 radical (unpaired) electrons. The average molecular weight is 425 g/mol. The smallest absolute Gasteiger partial charge is 0.264 e. The maximum atomic E-state index is 12.8. The number of rotatable bonds is 9. The van der Waals surface area contributed by atoms with Crippen molar-refractivity contribution in [2.75, 3.05) is 31.1 Å². The SMILES string of the molecule is CCOCCCNC(=O)c1ccc(N(C)S(=O)(=O)c2ccc(Cl)cc2)c(C)c1. The van der Waals surface area contributed by atoms with Crippen molar-refractivity contribution in [2.45, 2.75) is 25.2 Å². The zero-order valence-corrected chi connectivity index (χ0v) is 17.8. The van der Waals surface area contributed by atoms with Crippen LogP contribution in [0.4, 0.5) is 5.69 Å². The predicted octanol–water partition coefficient (Wildman–Crippen LogP) is 3.63. The zero-order valence-electron chi connectivity index (χ0n) is 16.2. The van der Waals surface area contributed by atoms with Gasteiger partial charge in [0.2, 0.25) is 0 Å². The van der Waals surface area contributed by atoms with Gasteiger partial charge in [0.25, 0.3) is 15.9 Å². The highest BCUT2D eigenvalue weighted by Gasteiger charge is 2.23. The topological polar surface area (TPSA) is 75.7 Å². The Balaban J connectivity index is 2.12. The van der Waals surface area contributed by atoms with Gasteiger partial charge in [-0.05, 0) is 68.3 Å². The van der Waals surface area contributed by atoms with E-state index in [1.54, 1.807) is 25.1 Å². The summed E-state index contributed by atoms with van der Waals surface area (Å²) in [5, 5.41) is 3.30. The predicted molar refractivity (Wildman–Crippen MR) is 112 cm³/mol. The fraction of sp³-hybridized carbons (Fsp3) is 0.350. The Labute approximate surface area is 171 Å². The second-order valence-corrected chi connectivity index (χ2v) is 8.64. The summed E-state index contributed by atoms with van der Waals surface area (Å²) in [5.74, 6) is -0.200. The number of benzene rings is 2. The summed E-state index contributed by atoms with van der Waals surface area (Å²) in [6.07, 6.45) is 0.735. The van der Waals surface area contributed by atoms with Crippen LogP contribution < -0.4 is 9.62 Å². The van der Waals surface area contributed by atoms with Crippen LogP contribution in [0.15, 0.2) is 47.4 Å². The second kappa shape index (κ2) is 9.91. The van der Waals surface area contributed by atoms with E-state index in [9.17, 15) is 13.2 Å². The number of anilines is 1. The van der Waals surface area contributed by atoms with Gasteiger partial charge in [0, 0.05) is 37.4 Å². The molecule has 28 heavy (non-hydrogen) atoms. The van der Waals surface area contributed by atoms with Gasteiger partial charge in [0.15, 0.2) is 0 Å². The van der Waals surface area contributed by atoms with Crippen LogP contribution in [0.3, 0.4) is 0 Å². The lowest BCUT2D eigenvalue weighted by Gasteiger charge is -2.22. The third-order valence-corrected chi connectivity index (χ3v) is 6.26. The molecule has 0 aliphatic rings. The van der Waals surface area contributed by atoms with Crippen molar-refractivity contribution in [1.82, 2.24) is 5.32 Å². The number of halogens is 1. The fourth-order valence-corrected chi connectivity index (χ4v) is 4.05. The Hall–Kier alpha value is -2.09. The van der Waals surface area contributed by atoms with Gasteiger partial charge in [-0.3, -0.25) is 9.10 Å². The first-order chi connectivity index (χ1) is 13.3. The zero-order chi connectivity index (χ0) is 20.7. The number of sulfonamides is 1. The Morgan fingerprint density at radius 3 is 2.46 bits per heavy atom. The molecule has 0 fully saturated rings. The Kier molecular flexibility index (Phi) is 7.86. The maximum Gasteiger partial charge on any atom is 0.264 e. The first-order valence-corrected chi connectivity index (χ1v) is 10.8. The molecule has 2 aromatic carbocycles. The molecular formula is C20H25ClN2O4S. The van der Waals surface area contributed by atoms with Crippen molar-refractivity contribution in [3.63, 3.8) is 0 Å². The highest BCUT2D eigenvalue weighted by Crippen LogP contribution is 2.26. The van der Waals surface area contributed by atoms with Gasteiger partial charge in [0.05, 0.1) is 10.6 Å². The number of nitrogens with one attached hydrogen (secondary N) is 1. The van der Waals surface area contributed by atoms with Crippen LogP contribution in [0, 0.1) is 6.92 Å². The van der Waals surface area contributed by atoms with Crippen molar-refractivity contribution in [3.05, 3.63) is 58.6 Å². The fourth-order valence-electron chi connectivity index (χ4n) is 2.67. The quantitative estimate of drug-likeness (QED) is 0.623. The van der Waals surface area contributed by atoms with Crippen LogP contribution in [0.25, 0.3) is 0 Å². The lowest BCUT2D eigenvalue weighted by atomic mass is 10.1. The number of aryl methyl sites for hydroxylation is 1. The lowest BCUT2D eigenvalue weighted by molar-refractivity contribution is 0.0944. The number of amides is 1. The Bertz CT molecular complexity index is 914. The number of ether oxygens (including phenoxy) is 1. The van der Waals surface area contributed by atoms with Crippen LogP contribution >= 0.6 is 11.6 Å². The van der Waals surface area contributed by atoms with E-state index in [0.717, 1.165) is 6.42 Å². The minimum atomic E-state index is -3.73. The van der Waals surface area contributed by atoms with Gasteiger partial charge in [-0.2, -0.15) is 0 Å². The average Bonchev–Trinajstić information content (AvgIpc) is 2.67. The monoisotopic (exact) mass is 424 g/mol. The summed E-state index contributed by atoms with van der Waals surface area (Å²) in [6, 6.07) is 10.9. The first-order valence-electron chi connectivity index (χ1n) is 8.98. The number of carbonyl (C=O) groups excluding carboxylic acids is 1. The normalized spacial score (nSPS) is 11.3. The van der Waals surface area contributed by atoms with Crippen LogP contribution in [-0.2, 0) is 14.8 Å². The van der Waals surface area contributed by atoms with Gasteiger partial charge in [-0.25, -0.2) is 8.42 Å². The molecule has 0 bridgehead atoms. The van der Waals surface area contributed by atoms with E-state index in [1.807, 2.05) is 6.92 Å². The highest BCUT2D eigenvalue weighted by molar-refractivity contribution is 7.92. The first kappa shape index (κ1) is 22.2. The molecule has 1 amide bonds. The van der Waals surface area contributed by atoms with Gasteiger partial charge in [-0.15, -0.1) is 0 Å². The number of hydrogen-bond donors (Lipinski definition) is 1.